The molecule has 2 fully saturated rings. The summed E-state index contributed by atoms with van der Waals surface area (Å²) in [4.78, 5) is 25.5. The highest BCUT2D eigenvalue weighted by molar-refractivity contribution is 9.10. The number of likely N-dealkylation sites (tertiary alicyclic amines) is 1. The first-order chi connectivity index (χ1) is 10.0. The van der Waals surface area contributed by atoms with E-state index in [1.807, 2.05) is 0 Å². The fourth-order valence-electron chi connectivity index (χ4n) is 3.13. The van der Waals surface area contributed by atoms with Crippen LogP contribution in [0.5, 0.6) is 0 Å². The van der Waals surface area contributed by atoms with Crippen molar-refractivity contribution < 1.29 is 14.0 Å². The van der Waals surface area contributed by atoms with Crippen LogP contribution >= 0.6 is 15.9 Å². The van der Waals surface area contributed by atoms with Crippen molar-refractivity contribution >= 4 is 27.7 Å². The number of hydrogen-bond acceptors (Lipinski definition) is 2. The Hall–Kier alpha value is -1.43. The average Bonchev–Trinajstić information content (AvgIpc) is 2.83. The zero-order valence-electron chi connectivity index (χ0n) is 11.5. The summed E-state index contributed by atoms with van der Waals surface area (Å²) >= 11 is 3.10. The normalized spacial score (nSPS) is 20.7. The van der Waals surface area contributed by atoms with Gasteiger partial charge in [-0.05, 0) is 46.3 Å². The molecule has 0 unspecified atom stereocenters. The Bertz CT molecular complexity index is 597. The third kappa shape index (κ3) is 2.69. The van der Waals surface area contributed by atoms with Crippen molar-refractivity contribution in [1.82, 2.24) is 10.2 Å². The topological polar surface area (TPSA) is 49.4 Å². The van der Waals surface area contributed by atoms with E-state index in [4.69, 9.17) is 0 Å². The highest BCUT2D eigenvalue weighted by Gasteiger charge is 2.41. The lowest BCUT2D eigenvalue weighted by Crippen LogP contribution is -2.44. The third-order valence-corrected chi connectivity index (χ3v) is 5.10. The number of nitrogens with zero attached hydrogens (tertiary/aromatic N) is 1. The minimum Gasteiger partial charge on any atom is -0.356 e. The molecular formula is C15H16BrFN2O2. The molecule has 112 valence electrons. The van der Waals surface area contributed by atoms with E-state index in [9.17, 15) is 14.0 Å². The van der Waals surface area contributed by atoms with Crippen molar-refractivity contribution in [3.05, 3.63) is 34.1 Å². The summed E-state index contributed by atoms with van der Waals surface area (Å²) < 4.78 is 14.3. The van der Waals surface area contributed by atoms with Crippen LogP contribution in [-0.4, -0.2) is 36.3 Å². The lowest BCUT2D eigenvalue weighted by atomic mass is 9.77. The van der Waals surface area contributed by atoms with Crippen LogP contribution in [0, 0.1) is 11.2 Å². The van der Waals surface area contributed by atoms with Crippen LogP contribution in [0.25, 0.3) is 0 Å². The quantitative estimate of drug-likeness (QED) is 0.841. The smallest absolute Gasteiger partial charge is 0.256 e. The van der Waals surface area contributed by atoms with Crippen LogP contribution in [0.2, 0.25) is 0 Å². The molecule has 0 bridgehead atoms. The number of rotatable bonds is 1. The molecule has 1 N–H and O–H groups in total. The molecule has 0 aliphatic carbocycles. The number of halogens is 2. The third-order valence-electron chi connectivity index (χ3n) is 4.49. The zero-order valence-corrected chi connectivity index (χ0v) is 13.1. The second-order valence-electron chi connectivity index (χ2n) is 5.85. The van der Waals surface area contributed by atoms with E-state index in [0.29, 0.717) is 30.5 Å². The first-order valence-corrected chi connectivity index (χ1v) is 7.80. The van der Waals surface area contributed by atoms with Gasteiger partial charge in [0.25, 0.3) is 5.91 Å². The lowest BCUT2D eigenvalue weighted by molar-refractivity contribution is -0.119. The molecule has 2 heterocycles. The Morgan fingerprint density at radius 1 is 1.33 bits per heavy atom. The van der Waals surface area contributed by atoms with Crippen molar-refractivity contribution in [2.75, 3.05) is 19.6 Å². The molecule has 1 aromatic rings. The van der Waals surface area contributed by atoms with Crippen LogP contribution in [0.1, 0.15) is 29.6 Å². The second kappa shape index (κ2) is 5.40. The largest absolute Gasteiger partial charge is 0.356 e. The number of benzene rings is 1. The van der Waals surface area contributed by atoms with Gasteiger partial charge in [0.2, 0.25) is 5.91 Å². The lowest BCUT2D eigenvalue weighted by Gasteiger charge is -2.38. The van der Waals surface area contributed by atoms with Gasteiger partial charge in [-0.25, -0.2) is 4.39 Å². The Kier molecular flexibility index (Phi) is 3.73. The summed E-state index contributed by atoms with van der Waals surface area (Å²) in [5, 5.41) is 2.86. The number of carbonyl (C=O) groups is 2. The number of amides is 2. The van der Waals surface area contributed by atoms with Crippen molar-refractivity contribution in [3.63, 3.8) is 0 Å². The Morgan fingerprint density at radius 3 is 2.67 bits per heavy atom. The molecule has 2 aliphatic rings. The molecule has 2 saturated heterocycles. The minimum absolute atomic E-state index is 0.0102. The van der Waals surface area contributed by atoms with E-state index in [1.54, 1.807) is 17.0 Å². The predicted molar refractivity (Wildman–Crippen MR) is 79.3 cm³/mol. The van der Waals surface area contributed by atoms with Crippen molar-refractivity contribution in [1.29, 1.82) is 0 Å². The number of nitrogens with one attached hydrogen (secondary N) is 1. The highest BCUT2D eigenvalue weighted by Crippen LogP contribution is 2.37. The molecule has 0 saturated carbocycles. The number of carbonyl (C=O) groups excluding carboxylic acids is 2. The highest BCUT2D eigenvalue weighted by atomic mass is 79.9. The summed E-state index contributed by atoms with van der Waals surface area (Å²) in [6, 6.07) is 4.74. The molecule has 21 heavy (non-hydrogen) atoms. The predicted octanol–water partition coefficient (Wildman–Crippen LogP) is 2.33. The SMILES string of the molecule is O=C1CC2(CCN(C(=O)c3cccc(Br)c3F)CC2)CN1. The monoisotopic (exact) mass is 354 g/mol. The Morgan fingerprint density at radius 2 is 2.05 bits per heavy atom. The van der Waals surface area contributed by atoms with Gasteiger partial charge in [0.1, 0.15) is 5.82 Å². The van der Waals surface area contributed by atoms with E-state index in [-0.39, 0.29) is 22.8 Å². The van der Waals surface area contributed by atoms with Crippen LogP contribution in [0.4, 0.5) is 4.39 Å². The standard InChI is InChI=1S/C15H16BrFN2O2/c16-11-3-1-2-10(13(11)17)14(21)19-6-4-15(5-7-19)8-12(20)18-9-15/h1-3H,4-9H2,(H,18,20). The molecule has 0 radical (unpaired) electrons. The fourth-order valence-corrected chi connectivity index (χ4v) is 3.49. The van der Waals surface area contributed by atoms with Crippen LogP contribution in [-0.2, 0) is 4.79 Å². The average molecular weight is 355 g/mol. The van der Waals surface area contributed by atoms with Crippen molar-refractivity contribution in [2.24, 2.45) is 5.41 Å². The Labute approximate surface area is 130 Å². The number of hydrogen-bond donors (Lipinski definition) is 1. The van der Waals surface area contributed by atoms with Gasteiger partial charge in [0.15, 0.2) is 0 Å². The van der Waals surface area contributed by atoms with E-state index in [1.165, 1.54) is 6.07 Å². The molecule has 4 nitrogen and oxygen atoms in total. The van der Waals surface area contributed by atoms with E-state index < -0.39 is 5.82 Å². The number of piperidine rings is 1. The van der Waals surface area contributed by atoms with Gasteiger partial charge < -0.3 is 10.2 Å². The van der Waals surface area contributed by atoms with Gasteiger partial charge in [-0.15, -0.1) is 0 Å². The van der Waals surface area contributed by atoms with E-state index >= 15 is 0 Å². The summed E-state index contributed by atoms with van der Waals surface area (Å²) in [7, 11) is 0. The molecule has 0 aromatic heterocycles. The molecule has 1 aromatic carbocycles. The molecule has 2 amide bonds. The Balaban J connectivity index is 1.71. The van der Waals surface area contributed by atoms with Gasteiger partial charge >= 0.3 is 0 Å². The molecule has 0 atom stereocenters. The summed E-state index contributed by atoms with van der Waals surface area (Å²) in [5.74, 6) is -0.700. The van der Waals surface area contributed by atoms with Crippen molar-refractivity contribution in [3.8, 4) is 0 Å². The van der Waals surface area contributed by atoms with E-state index in [0.717, 1.165) is 12.8 Å². The van der Waals surface area contributed by atoms with Crippen LogP contribution in [0.3, 0.4) is 0 Å². The van der Waals surface area contributed by atoms with Crippen LogP contribution < -0.4 is 5.32 Å². The summed E-state index contributed by atoms with van der Waals surface area (Å²) in [6.45, 7) is 1.83. The molecular weight excluding hydrogens is 339 g/mol. The first kappa shape index (κ1) is 14.5. The van der Waals surface area contributed by atoms with E-state index in [2.05, 4.69) is 21.2 Å². The minimum atomic E-state index is -0.513. The molecule has 3 rings (SSSR count). The van der Waals surface area contributed by atoms with Gasteiger partial charge in [-0.2, -0.15) is 0 Å². The fraction of sp³-hybridized carbons (Fsp3) is 0.467. The van der Waals surface area contributed by atoms with Gasteiger partial charge in [-0.3, -0.25) is 9.59 Å². The maximum absolute atomic E-state index is 14.0. The van der Waals surface area contributed by atoms with Gasteiger partial charge in [0, 0.05) is 26.1 Å². The van der Waals surface area contributed by atoms with Crippen LogP contribution in [0.15, 0.2) is 22.7 Å². The second-order valence-corrected chi connectivity index (χ2v) is 6.70. The van der Waals surface area contributed by atoms with Crippen molar-refractivity contribution in [2.45, 2.75) is 19.3 Å². The molecule has 6 heteroatoms. The van der Waals surface area contributed by atoms with Gasteiger partial charge in [0.05, 0.1) is 10.0 Å². The summed E-state index contributed by atoms with van der Waals surface area (Å²) in [5.41, 5.74) is 0.0879. The zero-order chi connectivity index (χ0) is 15.0. The maximum atomic E-state index is 14.0. The molecule has 2 aliphatic heterocycles. The maximum Gasteiger partial charge on any atom is 0.256 e. The molecule has 1 spiro atoms. The van der Waals surface area contributed by atoms with Gasteiger partial charge in [-0.1, -0.05) is 6.07 Å². The summed E-state index contributed by atoms with van der Waals surface area (Å²) in [6.07, 6.45) is 2.11. The first-order valence-electron chi connectivity index (χ1n) is 7.01.